The lowest BCUT2D eigenvalue weighted by atomic mass is 10.1. The minimum atomic E-state index is -0.859. The molecule has 1 fully saturated rings. The standard InChI is InChI=1S/C24H30N4O2.2ClH/c1-4-27-12-14-28(15-13-27)23-22-19(6-5-11-25-22)16-21(26-23)18-7-9-20(10-8-18)30-17-24(2,3)29;;/h5-11,16,29H,4,12-15,17H2,1-3H3;2*1H. The van der Waals surface area contributed by atoms with Gasteiger partial charge in [-0.15, -0.1) is 24.8 Å². The SMILES string of the molecule is CCN1CCN(c2nc(-c3ccc(OCC(C)(C)O)cc3)cc3cccnc23)CC1.Cl.Cl. The average Bonchev–Trinajstić information content (AvgIpc) is 2.77. The van der Waals surface area contributed by atoms with Crippen molar-refractivity contribution in [3.8, 4) is 17.0 Å². The van der Waals surface area contributed by atoms with Crippen molar-refractivity contribution in [1.82, 2.24) is 14.9 Å². The second-order valence-electron chi connectivity index (χ2n) is 8.45. The second-order valence-corrected chi connectivity index (χ2v) is 8.45. The Balaban J connectivity index is 0.00000181. The van der Waals surface area contributed by atoms with Gasteiger partial charge in [-0.05, 0) is 56.8 Å². The molecular formula is C24H32Cl2N4O2. The van der Waals surface area contributed by atoms with Crippen LogP contribution in [0.1, 0.15) is 20.8 Å². The zero-order chi connectivity index (χ0) is 21.1. The van der Waals surface area contributed by atoms with Gasteiger partial charge in [0.1, 0.15) is 17.9 Å². The molecule has 1 aromatic carbocycles. The van der Waals surface area contributed by atoms with E-state index in [1.54, 1.807) is 13.8 Å². The number of halogens is 2. The van der Waals surface area contributed by atoms with Crippen molar-refractivity contribution in [2.24, 2.45) is 0 Å². The molecule has 32 heavy (non-hydrogen) atoms. The van der Waals surface area contributed by atoms with Gasteiger partial charge in [0, 0.05) is 43.3 Å². The summed E-state index contributed by atoms with van der Waals surface area (Å²) in [6.07, 6.45) is 1.84. The molecule has 6 nitrogen and oxygen atoms in total. The van der Waals surface area contributed by atoms with Gasteiger partial charge in [0.15, 0.2) is 5.82 Å². The number of benzene rings is 1. The third-order valence-corrected chi connectivity index (χ3v) is 5.43. The van der Waals surface area contributed by atoms with Crippen LogP contribution in [0.15, 0.2) is 48.7 Å². The summed E-state index contributed by atoms with van der Waals surface area (Å²) >= 11 is 0. The lowest BCUT2D eigenvalue weighted by molar-refractivity contribution is 0.0285. The van der Waals surface area contributed by atoms with Gasteiger partial charge in [0.25, 0.3) is 0 Å². The summed E-state index contributed by atoms with van der Waals surface area (Å²) in [4.78, 5) is 14.5. The highest BCUT2D eigenvalue weighted by atomic mass is 35.5. The quantitative estimate of drug-likeness (QED) is 0.565. The van der Waals surface area contributed by atoms with Crippen LogP contribution in [0, 0.1) is 0 Å². The Hall–Kier alpha value is -2.12. The summed E-state index contributed by atoms with van der Waals surface area (Å²) in [5.74, 6) is 1.69. The molecule has 0 aliphatic carbocycles. The summed E-state index contributed by atoms with van der Waals surface area (Å²) in [5, 5.41) is 10.9. The van der Waals surface area contributed by atoms with Gasteiger partial charge in [-0.2, -0.15) is 0 Å². The number of pyridine rings is 2. The Morgan fingerprint density at radius 3 is 2.34 bits per heavy atom. The van der Waals surface area contributed by atoms with E-state index in [1.165, 1.54) is 0 Å². The average molecular weight is 479 g/mol. The van der Waals surface area contributed by atoms with Crippen LogP contribution in [0.3, 0.4) is 0 Å². The molecule has 4 rings (SSSR count). The van der Waals surface area contributed by atoms with Crippen LogP contribution in [0.25, 0.3) is 22.2 Å². The van der Waals surface area contributed by atoms with Crippen LogP contribution >= 0.6 is 24.8 Å². The smallest absolute Gasteiger partial charge is 0.155 e. The molecule has 0 saturated carbocycles. The molecule has 0 radical (unpaired) electrons. The first-order valence-corrected chi connectivity index (χ1v) is 10.6. The Labute approximate surface area is 202 Å². The summed E-state index contributed by atoms with van der Waals surface area (Å²) in [7, 11) is 0. The summed E-state index contributed by atoms with van der Waals surface area (Å²) in [6.45, 7) is 11.0. The molecule has 2 aromatic heterocycles. The number of nitrogens with zero attached hydrogens (tertiary/aromatic N) is 4. The molecule has 0 amide bonds. The van der Waals surface area contributed by atoms with Crippen LogP contribution in [0.5, 0.6) is 5.75 Å². The molecule has 1 saturated heterocycles. The largest absolute Gasteiger partial charge is 0.491 e. The topological polar surface area (TPSA) is 61.7 Å². The van der Waals surface area contributed by atoms with Gasteiger partial charge in [-0.25, -0.2) is 4.98 Å². The molecule has 0 unspecified atom stereocenters. The summed E-state index contributed by atoms with van der Waals surface area (Å²) in [5.41, 5.74) is 2.06. The van der Waals surface area contributed by atoms with E-state index in [4.69, 9.17) is 9.72 Å². The first kappa shape index (κ1) is 26.1. The predicted molar refractivity (Wildman–Crippen MR) is 136 cm³/mol. The molecule has 1 aliphatic heterocycles. The maximum absolute atomic E-state index is 9.85. The molecular weight excluding hydrogens is 447 g/mol. The number of hydrogen-bond acceptors (Lipinski definition) is 6. The Morgan fingerprint density at radius 2 is 1.72 bits per heavy atom. The zero-order valence-corrected chi connectivity index (χ0v) is 20.5. The summed E-state index contributed by atoms with van der Waals surface area (Å²) < 4.78 is 5.68. The normalized spacial score (nSPS) is 14.6. The fourth-order valence-electron chi connectivity index (χ4n) is 3.69. The van der Waals surface area contributed by atoms with Crippen LogP contribution in [-0.4, -0.2) is 64.9 Å². The van der Waals surface area contributed by atoms with Crippen LogP contribution in [0.4, 0.5) is 5.82 Å². The van der Waals surface area contributed by atoms with Crippen molar-refractivity contribution in [2.75, 3.05) is 44.2 Å². The predicted octanol–water partition coefficient (Wildman–Crippen LogP) is 4.43. The molecule has 1 aliphatic rings. The molecule has 0 spiro atoms. The number of piperazine rings is 1. The van der Waals surface area contributed by atoms with Gasteiger partial charge in [0.2, 0.25) is 0 Å². The van der Waals surface area contributed by atoms with E-state index in [-0.39, 0.29) is 31.4 Å². The fourth-order valence-corrected chi connectivity index (χ4v) is 3.69. The van der Waals surface area contributed by atoms with Crippen molar-refractivity contribution in [2.45, 2.75) is 26.4 Å². The van der Waals surface area contributed by atoms with E-state index in [0.29, 0.717) is 0 Å². The number of aromatic nitrogens is 2. The van der Waals surface area contributed by atoms with Gasteiger partial charge < -0.3 is 19.6 Å². The Kier molecular flexibility index (Phi) is 9.10. The number of anilines is 1. The highest BCUT2D eigenvalue weighted by Crippen LogP contribution is 2.30. The van der Waals surface area contributed by atoms with E-state index in [0.717, 1.165) is 66.5 Å². The number of fused-ring (bicyclic) bond motifs is 1. The minimum absolute atomic E-state index is 0. The third kappa shape index (κ3) is 6.23. The van der Waals surface area contributed by atoms with Gasteiger partial charge >= 0.3 is 0 Å². The second kappa shape index (κ2) is 11.1. The number of hydrogen-bond donors (Lipinski definition) is 1. The van der Waals surface area contributed by atoms with Crippen LogP contribution in [0.2, 0.25) is 0 Å². The van der Waals surface area contributed by atoms with Crippen LogP contribution in [-0.2, 0) is 0 Å². The lowest BCUT2D eigenvalue weighted by Crippen LogP contribution is -2.46. The van der Waals surface area contributed by atoms with E-state index < -0.39 is 5.60 Å². The molecule has 0 atom stereocenters. The Bertz CT molecular complexity index is 1000. The maximum atomic E-state index is 9.85. The van der Waals surface area contributed by atoms with Crippen molar-refractivity contribution in [1.29, 1.82) is 0 Å². The molecule has 3 heterocycles. The van der Waals surface area contributed by atoms with Crippen molar-refractivity contribution in [3.63, 3.8) is 0 Å². The molecule has 174 valence electrons. The van der Waals surface area contributed by atoms with Crippen molar-refractivity contribution >= 4 is 41.5 Å². The van der Waals surface area contributed by atoms with Crippen molar-refractivity contribution in [3.05, 3.63) is 48.7 Å². The summed E-state index contributed by atoms with van der Waals surface area (Å²) in [6, 6.07) is 14.1. The fraction of sp³-hybridized carbons (Fsp3) is 0.417. The van der Waals surface area contributed by atoms with Gasteiger partial charge in [-0.3, -0.25) is 4.98 Å². The molecule has 1 N–H and O–H groups in total. The minimum Gasteiger partial charge on any atom is -0.491 e. The van der Waals surface area contributed by atoms with Gasteiger partial charge in [-0.1, -0.05) is 13.0 Å². The monoisotopic (exact) mass is 478 g/mol. The lowest BCUT2D eigenvalue weighted by Gasteiger charge is -2.35. The maximum Gasteiger partial charge on any atom is 0.155 e. The van der Waals surface area contributed by atoms with E-state index >= 15 is 0 Å². The highest BCUT2D eigenvalue weighted by molar-refractivity contribution is 5.91. The first-order valence-electron chi connectivity index (χ1n) is 10.6. The molecule has 0 bridgehead atoms. The van der Waals surface area contributed by atoms with E-state index in [1.807, 2.05) is 36.5 Å². The van der Waals surface area contributed by atoms with E-state index in [9.17, 15) is 5.11 Å². The van der Waals surface area contributed by atoms with Crippen molar-refractivity contribution < 1.29 is 9.84 Å². The van der Waals surface area contributed by atoms with E-state index in [2.05, 4.69) is 33.8 Å². The zero-order valence-electron chi connectivity index (χ0n) is 18.8. The van der Waals surface area contributed by atoms with Crippen LogP contribution < -0.4 is 9.64 Å². The number of rotatable bonds is 6. The number of aliphatic hydroxyl groups is 1. The first-order chi connectivity index (χ1) is 14.4. The number of likely N-dealkylation sites (N-methyl/N-ethyl adjacent to an activating group) is 1. The third-order valence-electron chi connectivity index (χ3n) is 5.43. The molecule has 8 heteroatoms. The number of ether oxygens (including phenoxy) is 1. The highest BCUT2D eigenvalue weighted by Gasteiger charge is 2.20. The molecule has 3 aromatic rings. The van der Waals surface area contributed by atoms with Gasteiger partial charge in [0.05, 0.1) is 11.3 Å². The Morgan fingerprint density at radius 1 is 1.03 bits per heavy atom.